The third-order valence-electron chi connectivity index (χ3n) is 6.60. The second-order valence-corrected chi connectivity index (χ2v) is 10.2. The van der Waals surface area contributed by atoms with Crippen molar-refractivity contribution in [1.82, 2.24) is 0 Å². The van der Waals surface area contributed by atoms with Gasteiger partial charge in [-0.15, -0.1) is 0 Å². The van der Waals surface area contributed by atoms with Crippen LogP contribution in [0.25, 0.3) is 22.3 Å². The van der Waals surface area contributed by atoms with E-state index >= 15 is 4.39 Å². The molecule has 4 rings (SSSR count). The molecule has 0 saturated heterocycles. The normalized spacial score (nSPS) is 13.5. The second-order valence-electron chi connectivity index (χ2n) is 10.2. The monoisotopic (exact) mass is 568 g/mol. The average Bonchev–Trinajstić information content (AvgIpc) is 3.33. The Balaban J connectivity index is 1.60. The molecule has 0 heterocycles. The molecule has 1 atom stereocenters. The maximum Gasteiger partial charge on any atom is 0.379 e. The number of benzene rings is 3. The van der Waals surface area contributed by atoms with Crippen molar-refractivity contribution in [2.24, 2.45) is 0 Å². The summed E-state index contributed by atoms with van der Waals surface area (Å²) in [7, 11) is 0. The lowest BCUT2D eigenvalue weighted by molar-refractivity contribution is -0.156. The van der Waals surface area contributed by atoms with E-state index in [9.17, 15) is 19.2 Å². The van der Waals surface area contributed by atoms with E-state index in [4.69, 9.17) is 14.2 Å². The van der Waals surface area contributed by atoms with Crippen molar-refractivity contribution in [3.63, 3.8) is 0 Å². The van der Waals surface area contributed by atoms with Gasteiger partial charge >= 0.3 is 17.9 Å². The van der Waals surface area contributed by atoms with Gasteiger partial charge in [-0.05, 0) is 66.8 Å². The van der Waals surface area contributed by atoms with Crippen molar-refractivity contribution in [3.05, 3.63) is 108 Å². The minimum atomic E-state index is -0.933. The Hall–Kier alpha value is -5.11. The lowest BCUT2D eigenvalue weighted by Crippen LogP contribution is -2.25. The van der Waals surface area contributed by atoms with Gasteiger partial charge in [0.05, 0.1) is 0 Å². The van der Waals surface area contributed by atoms with Crippen LogP contribution < -0.4 is 9.47 Å². The molecule has 0 amide bonds. The summed E-state index contributed by atoms with van der Waals surface area (Å²) in [5, 5.41) is 0. The molecule has 0 fully saturated rings. The largest absolute Gasteiger partial charge is 0.456 e. The molecular weight excluding hydrogens is 539 g/mol. The first-order valence-electron chi connectivity index (χ1n) is 13.1. The van der Waals surface area contributed by atoms with E-state index < -0.39 is 35.6 Å². The number of ether oxygens (including phenoxy) is 3. The van der Waals surface area contributed by atoms with Crippen molar-refractivity contribution in [2.75, 3.05) is 0 Å². The molecule has 3 aromatic rings. The van der Waals surface area contributed by atoms with Crippen LogP contribution in [0, 0.1) is 5.82 Å². The van der Waals surface area contributed by atoms with E-state index in [0.29, 0.717) is 35.1 Å². The standard InChI is InChI=1S/C34H29FO7/c1-18(2)31(36)34(39)41-26-14-21-7-8-22(13-24(21)15-26)27-11-9-23(16-29(27)35)28-12-10-25(40-32(37)19(3)4)17-30(28)42-33(38)20(5)6/h7-13,16-17,26H,1,3,5,14-15H2,2,4,6H3. The summed E-state index contributed by atoms with van der Waals surface area (Å²) in [6.45, 7) is 15.1. The molecule has 0 aromatic heterocycles. The van der Waals surface area contributed by atoms with E-state index in [0.717, 1.165) is 11.1 Å². The molecule has 1 aliphatic carbocycles. The predicted molar refractivity (Wildman–Crippen MR) is 155 cm³/mol. The third kappa shape index (κ3) is 6.61. The highest BCUT2D eigenvalue weighted by atomic mass is 19.1. The fraction of sp³-hybridized carbons (Fsp3) is 0.176. The summed E-state index contributed by atoms with van der Waals surface area (Å²) in [6.07, 6.45) is 0.365. The van der Waals surface area contributed by atoms with Crippen LogP contribution in [-0.2, 0) is 36.8 Å². The molecule has 7 nitrogen and oxygen atoms in total. The minimum Gasteiger partial charge on any atom is -0.456 e. The highest BCUT2D eigenvalue weighted by Gasteiger charge is 2.28. The van der Waals surface area contributed by atoms with Crippen molar-refractivity contribution in [3.8, 4) is 33.8 Å². The van der Waals surface area contributed by atoms with Gasteiger partial charge in [0.25, 0.3) is 5.78 Å². The van der Waals surface area contributed by atoms with Crippen molar-refractivity contribution < 1.29 is 37.8 Å². The first-order valence-corrected chi connectivity index (χ1v) is 13.1. The number of esters is 3. The molecule has 0 spiro atoms. The molecule has 0 saturated carbocycles. The van der Waals surface area contributed by atoms with E-state index in [-0.39, 0.29) is 28.2 Å². The smallest absolute Gasteiger partial charge is 0.379 e. The maximum atomic E-state index is 15.5. The molecular formula is C34H29FO7. The minimum absolute atomic E-state index is 0.0606. The molecule has 1 aliphatic rings. The Morgan fingerprint density at radius 2 is 1.29 bits per heavy atom. The Kier molecular flexibility index (Phi) is 8.66. The fourth-order valence-electron chi connectivity index (χ4n) is 4.39. The molecule has 0 N–H and O–H groups in total. The number of hydrogen-bond donors (Lipinski definition) is 0. The van der Waals surface area contributed by atoms with Gasteiger partial charge in [0.1, 0.15) is 23.4 Å². The number of carbonyl (C=O) groups is 4. The van der Waals surface area contributed by atoms with E-state index in [1.807, 2.05) is 12.1 Å². The van der Waals surface area contributed by atoms with Gasteiger partial charge in [-0.3, -0.25) is 4.79 Å². The van der Waals surface area contributed by atoms with Crippen LogP contribution in [0.3, 0.4) is 0 Å². The zero-order valence-corrected chi connectivity index (χ0v) is 23.5. The summed E-state index contributed by atoms with van der Waals surface area (Å²) in [5.74, 6) is -3.36. The van der Waals surface area contributed by atoms with Gasteiger partial charge in [-0.25, -0.2) is 18.8 Å². The van der Waals surface area contributed by atoms with E-state index in [2.05, 4.69) is 19.7 Å². The van der Waals surface area contributed by atoms with Crippen LogP contribution in [0.2, 0.25) is 0 Å². The Labute approximate surface area is 242 Å². The van der Waals surface area contributed by atoms with Gasteiger partial charge in [-0.2, -0.15) is 0 Å². The van der Waals surface area contributed by atoms with Gasteiger partial charge < -0.3 is 14.2 Å². The number of carbonyl (C=O) groups excluding carboxylic acids is 4. The van der Waals surface area contributed by atoms with Crippen molar-refractivity contribution >= 4 is 23.7 Å². The number of ketones is 1. The van der Waals surface area contributed by atoms with Crippen LogP contribution >= 0.6 is 0 Å². The van der Waals surface area contributed by atoms with Crippen LogP contribution in [0.4, 0.5) is 4.39 Å². The second kappa shape index (κ2) is 12.2. The first kappa shape index (κ1) is 29.9. The fourth-order valence-corrected chi connectivity index (χ4v) is 4.39. The number of rotatable bonds is 9. The van der Waals surface area contributed by atoms with Gasteiger partial charge in [0, 0.05) is 41.2 Å². The zero-order chi connectivity index (χ0) is 30.7. The summed E-state index contributed by atoms with van der Waals surface area (Å²) in [5.41, 5.74) is 4.09. The first-order chi connectivity index (χ1) is 19.8. The Morgan fingerprint density at radius 1 is 0.690 bits per heavy atom. The summed E-state index contributed by atoms with van der Waals surface area (Å²) in [6, 6.07) is 14.5. The highest BCUT2D eigenvalue weighted by molar-refractivity contribution is 6.40. The number of fused-ring (bicyclic) bond motifs is 1. The Bertz CT molecular complexity index is 1680. The zero-order valence-electron chi connectivity index (χ0n) is 23.5. The summed E-state index contributed by atoms with van der Waals surface area (Å²) in [4.78, 5) is 48.2. The number of hydrogen-bond acceptors (Lipinski definition) is 7. The topological polar surface area (TPSA) is 96.0 Å². The molecule has 3 aromatic carbocycles. The molecule has 0 bridgehead atoms. The Morgan fingerprint density at radius 3 is 1.93 bits per heavy atom. The predicted octanol–water partition coefficient (Wildman–Crippen LogP) is 6.28. The average molecular weight is 569 g/mol. The quantitative estimate of drug-likeness (QED) is 0.130. The summed E-state index contributed by atoms with van der Waals surface area (Å²) < 4.78 is 31.6. The van der Waals surface area contributed by atoms with Gasteiger partial charge in [-0.1, -0.05) is 50.1 Å². The SMILES string of the molecule is C=C(C)C(=O)Oc1ccc(-c2ccc(-c3ccc4c(c3)CC(OC(=O)C(=O)C(=C)C)C4)c(F)c2)c(OC(=O)C(=C)C)c1. The molecule has 0 radical (unpaired) electrons. The van der Waals surface area contributed by atoms with E-state index in [1.54, 1.807) is 24.3 Å². The van der Waals surface area contributed by atoms with Gasteiger partial charge in [0.15, 0.2) is 0 Å². The number of halogens is 1. The lowest BCUT2D eigenvalue weighted by Gasteiger charge is -2.14. The van der Waals surface area contributed by atoms with Crippen molar-refractivity contribution in [2.45, 2.75) is 39.7 Å². The van der Waals surface area contributed by atoms with Crippen LogP contribution in [0.15, 0.2) is 91.1 Å². The molecule has 1 unspecified atom stereocenters. The molecule has 8 heteroatoms. The van der Waals surface area contributed by atoms with Crippen LogP contribution in [0.1, 0.15) is 31.9 Å². The maximum absolute atomic E-state index is 15.5. The molecule has 42 heavy (non-hydrogen) atoms. The highest BCUT2D eigenvalue weighted by Crippen LogP contribution is 2.37. The molecule has 214 valence electrons. The molecule has 0 aliphatic heterocycles. The van der Waals surface area contributed by atoms with E-state index in [1.165, 1.54) is 39.0 Å². The van der Waals surface area contributed by atoms with Crippen molar-refractivity contribution in [1.29, 1.82) is 0 Å². The van der Waals surface area contributed by atoms with Crippen LogP contribution in [-0.4, -0.2) is 29.8 Å². The van der Waals surface area contributed by atoms with Crippen LogP contribution in [0.5, 0.6) is 11.5 Å². The number of Topliss-reactive ketones (excluding diaryl/α,β-unsaturated/α-hetero) is 1. The third-order valence-corrected chi connectivity index (χ3v) is 6.60. The van der Waals surface area contributed by atoms with Gasteiger partial charge in [0.2, 0.25) is 0 Å². The lowest BCUT2D eigenvalue weighted by atomic mass is 9.97. The summed E-state index contributed by atoms with van der Waals surface area (Å²) >= 11 is 0.